The van der Waals surface area contributed by atoms with Crippen LogP contribution in [0.1, 0.15) is 91.3 Å². The van der Waals surface area contributed by atoms with Gasteiger partial charge in [0.25, 0.3) is 0 Å². The summed E-state index contributed by atoms with van der Waals surface area (Å²) in [5.74, 6) is 0.828. The molecule has 0 heterocycles. The minimum absolute atomic E-state index is 0.0720. The predicted molar refractivity (Wildman–Crippen MR) is 172 cm³/mol. The van der Waals surface area contributed by atoms with Crippen molar-refractivity contribution in [2.45, 2.75) is 46.8 Å². The molecule has 0 spiro atoms. The van der Waals surface area contributed by atoms with Gasteiger partial charge >= 0.3 is 249 Å². The number of hydrogen-bond donors (Lipinski definition) is 0. The van der Waals surface area contributed by atoms with Crippen molar-refractivity contribution in [3.05, 3.63) is 154 Å². The van der Waals surface area contributed by atoms with E-state index >= 15 is 0 Å². The van der Waals surface area contributed by atoms with Crippen LogP contribution in [0.2, 0.25) is 0 Å². The first-order valence-corrected chi connectivity index (χ1v) is 24.8. The Morgan fingerprint density at radius 3 is 1.32 bits per heavy atom. The van der Waals surface area contributed by atoms with Gasteiger partial charge in [0.2, 0.25) is 0 Å². The maximum absolute atomic E-state index is 8.60. The van der Waals surface area contributed by atoms with Gasteiger partial charge in [-0.2, -0.15) is 0 Å². The standard InChI is InChI=1S/C13H10.2C12H13.2ClH.Zr/c1-3-7-12(8-4-1)11-13-9-5-2-6-10-13;2*1-9(2)11-7-3-5-10-6-4-8-12(10)11;;;/h1-10H;2*3-9H,1-2H3;2*1H;/q;;;;;+2/p-2. The zero-order valence-electron chi connectivity index (χ0n) is 23.6. The Kier molecular flexibility index (Phi) is 7.32. The zero-order chi connectivity index (χ0) is 28.1. The molecule has 0 fully saturated rings. The normalized spacial score (nSPS) is 17.9. The Bertz CT molecular complexity index is 1580. The number of rotatable bonds is 6. The third-order valence-corrected chi connectivity index (χ3v) is 28.6. The van der Waals surface area contributed by atoms with E-state index in [1.165, 1.54) is 33.4 Å². The van der Waals surface area contributed by atoms with Crippen LogP contribution < -0.4 is 0 Å². The Labute approximate surface area is 247 Å². The summed E-state index contributed by atoms with van der Waals surface area (Å²) < 4.78 is 0.996. The fourth-order valence-corrected chi connectivity index (χ4v) is 26.4. The zero-order valence-corrected chi connectivity index (χ0v) is 27.6. The van der Waals surface area contributed by atoms with Crippen molar-refractivity contribution in [3.8, 4) is 0 Å². The number of halogens is 2. The van der Waals surface area contributed by atoms with E-state index in [1.54, 1.807) is 0 Å². The summed E-state index contributed by atoms with van der Waals surface area (Å²) in [4.78, 5) is 0. The molecule has 0 aromatic heterocycles. The number of benzene rings is 4. The molecule has 202 valence electrons. The second-order valence-electron chi connectivity index (χ2n) is 11.9. The van der Waals surface area contributed by atoms with E-state index in [4.69, 9.17) is 17.0 Å². The average Bonchev–Trinajstić information content (AvgIpc) is 3.60. The van der Waals surface area contributed by atoms with Crippen LogP contribution in [0.15, 0.2) is 109 Å². The van der Waals surface area contributed by atoms with E-state index in [2.05, 4.69) is 149 Å². The van der Waals surface area contributed by atoms with Crippen LogP contribution >= 0.6 is 17.0 Å². The SMILES string of the molecule is CC(C)c1cccc2c1C=C[CH]2[Zr]([Cl])([Cl])(=[C](c1ccccc1)c1ccccc1)[CH]1C=Cc2c(C(C)C)cccc21. The van der Waals surface area contributed by atoms with Crippen LogP contribution in [0.3, 0.4) is 0 Å². The molecule has 2 unspecified atom stereocenters. The Morgan fingerprint density at radius 1 is 0.550 bits per heavy atom. The first kappa shape index (κ1) is 27.8. The van der Waals surface area contributed by atoms with Crippen molar-refractivity contribution >= 4 is 32.4 Å². The third kappa shape index (κ3) is 4.32. The van der Waals surface area contributed by atoms with Gasteiger partial charge in [-0.3, -0.25) is 0 Å². The first-order chi connectivity index (χ1) is 19.2. The van der Waals surface area contributed by atoms with Crippen molar-refractivity contribution in [1.82, 2.24) is 0 Å². The summed E-state index contributed by atoms with van der Waals surface area (Å²) in [5, 5.41) is 0. The quantitative estimate of drug-likeness (QED) is 0.196. The van der Waals surface area contributed by atoms with Gasteiger partial charge in [-0.15, -0.1) is 0 Å². The molecule has 2 aliphatic rings. The van der Waals surface area contributed by atoms with E-state index in [-0.39, 0.29) is 7.25 Å². The molecule has 0 bridgehead atoms. The van der Waals surface area contributed by atoms with E-state index < -0.39 is 15.9 Å². The van der Waals surface area contributed by atoms with Gasteiger partial charge in [-0.1, -0.05) is 0 Å². The molecule has 6 rings (SSSR count). The number of hydrogen-bond acceptors (Lipinski definition) is 0. The van der Waals surface area contributed by atoms with Crippen LogP contribution in [-0.2, 0) is 15.9 Å². The van der Waals surface area contributed by atoms with Gasteiger partial charge in [-0.05, 0) is 0 Å². The van der Waals surface area contributed by atoms with Gasteiger partial charge in [-0.25, -0.2) is 0 Å². The average molecular weight is 643 g/mol. The van der Waals surface area contributed by atoms with Crippen molar-refractivity contribution in [2.75, 3.05) is 0 Å². The van der Waals surface area contributed by atoms with E-state index in [1.807, 2.05) is 0 Å². The fraction of sp³-hybridized carbons (Fsp3) is 0.216. The fourth-order valence-electron chi connectivity index (χ4n) is 7.09. The maximum atomic E-state index is 8.60. The number of fused-ring (bicyclic) bond motifs is 2. The first-order valence-electron chi connectivity index (χ1n) is 14.4. The van der Waals surface area contributed by atoms with Gasteiger partial charge < -0.3 is 0 Å². The second-order valence-corrected chi connectivity index (χ2v) is 32.7. The molecular weight excluding hydrogens is 607 g/mol. The van der Waals surface area contributed by atoms with Crippen LogP contribution in [0.5, 0.6) is 0 Å². The molecule has 2 aliphatic carbocycles. The molecule has 0 amide bonds. The summed E-state index contributed by atoms with van der Waals surface area (Å²) in [7, 11) is 17.2. The summed E-state index contributed by atoms with van der Waals surface area (Å²) in [6, 6.07) is 34.7. The van der Waals surface area contributed by atoms with Crippen LogP contribution in [0, 0.1) is 0 Å². The molecule has 0 radical (unpaired) electrons. The minimum atomic E-state index is -5.26. The molecule has 0 N–H and O–H groups in total. The summed E-state index contributed by atoms with van der Waals surface area (Å²) >= 11 is -5.26. The van der Waals surface area contributed by atoms with Crippen molar-refractivity contribution in [3.63, 3.8) is 0 Å². The van der Waals surface area contributed by atoms with E-state index in [9.17, 15) is 0 Å². The van der Waals surface area contributed by atoms with Gasteiger partial charge in [0.15, 0.2) is 0 Å². The van der Waals surface area contributed by atoms with Gasteiger partial charge in [0, 0.05) is 0 Å². The number of allylic oxidation sites excluding steroid dienone is 2. The molecule has 4 aromatic carbocycles. The van der Waals surface area contributed by atoms with Crippen molar-refractivity contribution in [2.24, 2.45) is 0 Å². The van der Waals surface area contributed by atoms with Gasteiger partial charge in [0.05, 0.1) is 0 Å². The molecule has 3 heteroatoms. The second kappa shape index (κ2) is 10.5. The third-order valence-electron chi connectivity index (χ3n) is 8.91. The van der Waals surface area contributed by atoms with Crippen LogP contribution in [0.4, 0.5) is 0 Å². The van der Waals surface area contributed by atoms with E-state index in [0.29, 0.717) is 11.8 Å². The summed E-state index contributed by atoms with van der Waals surface area (Å²) in [6.07, 6.45) is 9.27. The molecule has 0 aliphatic heterocycles. The van der Waals surface area contributed by atoms with Crippen LogP contribution in [-0.4, -0.2) is 3.21 Å². The predicted octanol–water partition coefficient (Wildman–Crippen LogP) is 11.0. The Hall–Kier alpha value is -2.31. The topological polar surface area (TPSA) is 0 Å². The van der Waals surface area contributed by atoms with Crippen LogP contribution in [0.25, 0.3) is 12.2 Å². The molecular formula is C37H36Cl2Zr. The molecule has 0 nitrogen and oxygen atoms in total. The van der Waals surface area contributed by atoms with Gasteiger partial charge in [0.1, 0.15) is 0 Å². The molecule has 40 heavy (non-hydrogen) atoms. The monoisotopic (exact) mass is 640 g/mol. The van der Waals surface area contributed by atoms with E-state index in [0.717, 1.165) is 14.3 Å². The summed E-state index contributed by atoms with van der Waals surface area (Å²) in [5.41, 5.74) is 10.1. The van der Waals surface area contributed by atoms with Crippen molar-refractivity contribution in [1.29, 1.82) is 0 Å². The Morgan fingerprint density at radius 2 is 0.950 bits per heavy atom. The molecule has 0 saturated heterocycles. The molecule has 4 aromatic rings. The van der Waals surface area contributed by atoms with Crippen molar-refractivity contribution < 1.29 is 15.9 Å². The molecule has 0 saturated carbocycles. The summed E-state index contributed by atoms with van der Waals surface area (Å²) in [6.45, 7) is 9.05. The Balaban J connectivity index is 1.77. The molecule has 2 atom stereocenters.